The van der Waals surface area contributed by atoms with Crippen molar-refractivity contribution in [2.75, 3.05) is 40.9 Å². The van der Waals surface area contributed by atoms with Crippen LogP contribution in [-0.2, 0) is 11.2 Å². The summed E-state index contributed by atoms with van der Waals surface area (Å²) in [4.78, 5) is 18.2. The summed E-state index contributed by atoms with van der Waals surface area (Å²) < 4.78 is 11.0. The average molecular weight is 439 g/mol. The fraction of sp³-hybridized carbons (Fsp3) is 0.440. The van der Waals surface area contributed by atoms with Gasteiger partial charge in [-0.1, -0.05) is 37.3 Å². The number of guanidine groups is 1. The summed E-state index contributed by atoms with van der Waals surface area (Å²) in [5, 5.41) is 6.95. The number of hydrogen-bond acceptors (Lipinski definition) is 4. The zero-order valence-corrected chi connectivity index (χ0v) is 19.4. The topological polar surface area (TPSA) is 75.2 Å². The first-order valence-electron chi connectivity index (χ1n) is 11.1. The highest BCUT2D eigenvalue weighted by Crippen LogP contribution is 2.31. The number of methoxy groups -OCH3 is 1. The van der Waals surface area contributed by atoms with Crippen LogP contribution in [-0.4, -0.2) is 57.7 Å². The SMILES string of the molecule is COc1ccc(CC(C)CNC(=NCC(=O)N(C)C)NC2CCOc3ccccc32)cc1. The van der Waals surface area contributed by atoms with Crippen molar-refractivity contribution in [2.45, 2.75) is 25.8 Å². The van der Waals surface area contributed by atoms with Gasteiger partial charge in [0.15, 0.2) is 5.96 Å². The van der Waals surface area contributed by atoms with Gasteiger partial charge in [-0.3, -0.25) is 4.79 Å². The lowest BCUT2D eigenvalue weighted by Crippen LogP contribution is -2.43. The molecule has 32 heavy (non-hydrogen) atoms. The first kappa shape index (κ1) is 23.4. The van der Waals surface area contributed by atoms with Crippen LogP contribution < -0.4 is 20.1 Å². The van der Waals surface area contributed by atoms with Crippen LogP contribution in [0.15, 0.2) is 53.5 Å². The van der Waals surface area contributed by atoms with Crippen LogP contribution in [0.5, 0.6) is 11.5 Å². The highest BCUT2D eigenvalue weighted by molar-refractivity contribution is 5.85. The van der Waals surface area contributed by atoms with Crippen LogP contribution in [0.3, 0.4) is 0 Å². The van der Waals surface area contributed by atoms with E-state index >= 15 is 0 Å². The van der Waals surface area contributed by atoms with E-state index in [9.17, 15) is 4.79 Å². The Kier molecular flexibility index (Phi) is 8.36. The molecule has 172 valence electrons. The van der Waals surface area contributed by atoms with E-state index in [4.69, 9.17) is 9.47 Å². The Morgan fingerprint density at radius 3 is 2.69 bits per heavy atom. The molecular formula is C25H34N4O3. The third kappa shape index (κ3) is 6.64. The Morgan fingerprint density at radius 2 is 1.97 bits per heavy atom. The summed E-state index contributed by atoms with van der Waals surface area (Å²) in [5.41, 5.74) is 2.37. The van der Waals surface area contributed by atoms with Gasteiger partial charge in [-0.05, 0) is 36.1 Å². The van der Waals surface area contributed by atoms with Gasteiger partial charge in [-0.25, -0.2) is 4.99 Å². The molecule has 2 aromatic carbocycles. The molecule has 1 heterocycles. The minimum Gasteiger partial charge on any atom is -0.497 e. The molecule has 0 saturated carbocycles. The average Bonchev–Trinajstić information content (AvgIpc) is 2.81. The van der Waals surface area contributed by atoms with Crippen molar-refractivity contribution in [3.05, 3.63) is 59.7 Å². The summed E-state index contributed by atoms with van der Waals surface area (Å²) >= 11 is 0. The Bertz CT molecular complexity index is 912. The van der Waals surface area contributed by atoms with Gasteiger partial charge >= 0.3 is 0 Å². The van der Waals surface area contributed by atoms with E-state index < -0.39 is 0 Å². The van der Waals surface area contributed by atoms with Gasteiger partial charge in [0.25, 0.3) is 0 Å². The van der Waals surface area contributed by atoms with Gasteiger partial charge in [0.2, 0.25) is 5.91 Å². The predicted octanol–water partition coefficient (Wildman–Crippen LogP) is 3.02. The molecule has 7 nitrogen and oxygen atoms in total. The molecule has 1 aliphatic rings. The molecule has 2 atom stereocenters. The number of fused-ring (bicyclic) bond motifs is 1. The summed E-state index contributed by atoms with van der Waals surface area (Å²) in [5.74, 6) is 2.74. The monoisotopic (exact) mass is 438 g/mol. The van der Waals surface area contributed by atoms with Gasteiger partial charge in [0.1, 0.15) is 18.0 Å². The fourth-order valence-corrected chi connectivity index (χ4v) is 3.60. The van der Waals surface area contributed by atoms with E-state index in [2.05, 4.69) is 40.7 Å². The first-order chi connectivity index (χ1) is 15.5. The van der Waals surface area contributed by atoms with Gasteiger partial charge < -0.3 is 25.0 Å². The molecule has 2 aromatic rings. The Labute approximate surface area is 190 Å². The van der Waals surface area contributed by atoms with Gasteiger partial charge in [0.05, 0.1) is 19.8 Å². The van der Waals surface area contributed by atoms with Crippen LogP contribution in [0.25, 0.3) is 0 Å². The number of ether oxygens (including phenoxy) is 2. The highest BCUT2D eigenvalue weighted by Gasteiger charge is 2.22. The molecule has 2 unspecified atom stereocenters. The van der Waals surface area contributed by atoms with Crippen LogP contribution in [0.1, 0.15) is 30.5 Å². The Morgan fingerprint density at radius 1 is 1.22 bits per heavy atom. The molecule has 0 spiro atoms. The van der Waals surface area contributed by atoms with Crippen molar-refractivity contribution in [2.24, 2.45) is 10.9 Å². The molecular weight excluding hydrogens is 404 g/mol. The van der Waals surface area contributed by atoms with E-state index in [-0.39, 0.29) is 18.5 Å². The molecule has 3 rings (SSSR count). The maximum absolute atomic E-state index is 12.1. The van der Waals surface area contributed by atoms with Crippen LogP contribution in [0.2, 0.25) is 0 Å². The molecule has 7 heteroatoms. The number of carbonyl (C=O) groups is 1. The molecule has 0 saturated heterocycles. The van der Waals surface area contributed by atoms with Crippen LogP contribution >= 0.6 is 0 Å². The minimum absolute atomic E-state index is 0.0373. The van der Waals surface area contributed by atoms with Crippen molar-refractivity contribution in [3.63, 3.8) is 0 Å². The van der Waals surface area contributed by atoms with Gasteiger partial charge in [-0.15, -0.1) is 0 Å². The molecule has 0 aromatic heterocycles. The lowest BCUT2D eigenvalue weighted by molar-refractivity contribution is -0.127. The van der Waals surface area contributed by atoms with Crippen molar-refractivity contribution < 1.29 is 14.3 Å². The maximum Gasteiger partial charge on any atom is 0.243 e. The number of rotatable bonds is 8. The number of nitrogens with zero attached hydrogens (tertiary/aromatic N) is 2. The second-order valence-corrected chi connectivity index (χ2v) is 8.36. The van der Waals surface area contributed by atoms with Crippen molar-refractivity contribution >= 4 is 11.9 Å². The number of hydrogen-bond donors (Lipinski definition) is 2. The van der Waals surface area contributed by atoms with Crippen molar-refractivity contribution in [1.29, 1.82) is 0 Å². The number of para-hydroxylation sites is 1. The quantitative estimate of drug-likeness (QED) is 0.490. The highest BCUT2D eigenvalue weighted by atomic mass is 16.5. The molecule has 2 N–H and O–H groups in total. The van der Waals surface area contributed by atoms with Crippen LogP contribution in [0, 0.1) is 5.92 Å². The van der Waals surface area contributed by atoms with E-state index in [1.54, 1.807) is 26.1 Å². The maximum atomic E-state index is 12.1. The number of benzene rings is 2. The Balaban J connectivity index is 1.65. The van der Waals surface area contributed by atoms with E-state index in [0.29, 0.717) is 18.5 Å². The number of nitrogens with one attached hydrogen (secondary N) is 2. The zero-order valence-electron chi connectivity index (χ0n) is 19.4. The lowest BCUT2D eigenvalue weighted by Gasteiger charge is -2.28. The third-order valence-electron chi connectivity index (χ3n) is 5.50. The normalized spacial score (nSPS) is 16.4. The van der Waals surface area contributed by atoms with E-state index in [0.717, 1.165) is 36.4 Å². The number of carbonyl (C=O) groups excluding carboxylic acids is 1. The first-order valence-corrected chi connectivity index (χ1v) is 11.1. The summed E-state index contributed by atoms with van der Waals surface area (Å²) in [6, 6.07) is 16.3. The van der Waals surface area contributed by atoms with E-state index in [1.807, 2.05) is 30.3 Å². The van der Waals surface area contributed by atoms with Gasteiger partial charge in [-0.2, -0.15) is 0 Å². The van der Waals surface area contributed by atoms with Crippen LogP contribution in [0.4, 0.5) is 0 Å². The standard InChI is InChI=1S/C25H34N4O3/c1-18(15-19-9-11-20(31-4)12-10-19)16-26-25(27-17-24(30)29(2)3)28-22-13-14-32-23-8-6-5-7-21(22)23/h5-12,18,22H,13-17H2,1-4H3,(H2,26,27,28). The molecule has 0 radical (unpaired) electrons. The number of likely N-dealkylation sites (N-methyl/N-ethyl adjacent to an activating group) is 1. The molecule has 0 fully saturated rings. The summed E-state index contributed by atoms with van der Waals surface area (Å²) in [7, 11) is 5.15. The molecule has 0 aliphatic carbocycles. The zero-order chi connectivity index (χ0) is 22.9. The summed E-state index contributed by atoms with van der Waals surface area (Å²) in [6.07, 6.45) is 1.77. The number of aliphatic imine (C=N–C) groups is 1. The van der Waals surface area contributed by atoms with Gasteiger partial charge in [0, 0.05) is 32.6 Å². The second-order valence-electron chi connectivity index (χ2n) is 8.36. The lowest BCUT2D eigenvalue weighted by atomic mass is 10.0. The minimum atomic E-state index is -0.0373. The Hall–Kier alpha value is -3.22. The van der Waals surface area contributed by atoms with Crippen molar-refractivity contribution in [3.8, 4) is 11.5 Å². The summed E-state index contributed by atoms with van der Waals surface area (Å²) in [6.45, 7) is 3.68. The predicted molar refractivity (Wildman–Crippen MR) is 127 cm³/mol. The third-order valence-corrected chi connectivity index (χ3v) is 5.50. The smallest absolute Gasteiger partial charge is 0.243 e. The number of amides is 1. The molecule has 0 bridgehead atoms. The van der Waals surface area contributed by atoms with E-state index in [1.165, 1.54) is 5.56 Å². The second kappa shape index (κ2) is 11.4. The fourth-order valence-electron chi connectivity index (χ4n) is 3.60. The molecule has 1 amide bonds. The largest absolute Gasteiger partial charge is 0.497 e. The van der Waals surface area contributed by atoms with Crippen molar-refractivity contribution in [1.82, 2.24) is 15.5 Å². The molecule has 1 aliphatic heterocycles.